The summed E-state index contributed by atoms with van der Waals surface area (Å²) in [5.74, 6) is 0.0522. The first-order valence-corrected chi connectivity index (χ1v) is 10.0. The molecule has 2 aliphatic heterocycles. The summed E-state index contributed by atoms with van der Waals surface area (Å²) < 4.78 is 18.4. The van der Waals surface area contributed by atoms with E-state index in [1.807, 2.05) is 10.7 Å². The number of amides is 2. The minimum absolute atomic E-state index is 0.0222. The number of ether oxygens (including phenoxy) is 3. The number of likely N-dealkylation sites (N-methyl/N-ethyl adjacent to an activating group) is 1. The van der Waals surface area contributed by atoms with Gasteiger partial charge in [-0.15, -0.1) is 0 Å². The molecule has 9 nitrogen and oxygen atoms in total. The van der Waals surface area contributed by atoms with E-state index in [0.717, 1.165) is 12.1 Å². The highest BCUT2D eigenvalue weighted by Crippen LogP contribution is 2.37. The third-order valence-electron chi connectivity index (χ3n) is 5.50. The molecule has 0 radical (unpaired) electrons. The number of fused-ring (bicyclic) bond motifs is 1. The van der Waals surface area contributed by atoms with Gasteiger partial charge in [0.25, 0.3) is 5.91 Å². The summed E-state index contributed by atoms with van der Waals surface area (Å²) in [6, 6.07) is 7.20. The van der Waals surface area contributed by atoms with E-state index >= 15 is 0 Å². The third-order valence-corrected chi connectivity index (χ3v) is 5.50. The Morgan fingerprint density at radius 1 is 1.37 bits per heavy atom. The number of rotatable bonds is 7. The van der Waals surface area contributed by atoms with Gasteiger partial charge in [0.15, 0.2) is 6.61 Å². The second kappa shape index (κ2) is 8.85. The number of anilines is 2. The maximum Gasteiger partial charge on any atom is 0.264 e. The number of aromatic nitrogens is 2. The molecule has 0 saturated carbocycles. The maximum absolute atomic E-state index is 13.1. The van der Waals surface area contributed by atoms with Crippen molar-refractivity contribution in [2.24, 2.45) is 5.92 Å². The van der Waals surface area contributed by atoms with Crippen LogP contribution in [0.5, 0.6) is 5.75 Å². The van der Waals surface area contributed by atoms with E-state index in [1.54, 1.807) is 38.6 Å². The molecule has 1 N–H and O–H groups in total. The molecule has 2 aromatic rings. The summed E-state index contributed by atoms with van der Waals surface area (Å²) in [5, 5.41) is 7.34. The molecule has 0 spiro atoms. The van der Waals surface area contributed by atoms with Crippen molar-refractivity contribution in [3.8, 4) is 5.75 Å². The molecule has 0 aliphatic carbocycles. The van der Waals surface area contributed by atoms with Crippen LogP contribution in [-0.4, -0.2) is 55.6 Å². The second-order valence-electron chi connectivity index (χ2n) is 7.43. The molecular formula is C21H26N4O5. The summed E-state index contributed by atoms with van der Waals surface area (Å²) in [6.45, 7) is 1.89. The average molecular weight is 414 g/mol. The van der Waals surface area contributed by atoms with Crippen molar-refractivity contribution in [3.63, 3.8) is 0 Å². The fourth-order valence-corrected chi connectivity index (χ4v) is 3.86. The van der Waals surface area contributed by atoms with Crippen LogP contribution < -0.4 is 15.0 Å². The lowest BCUT2D eigenvalue weighted by Gasteiger charge is -2.26. The smallest absolute Gasteiger partial charge is 0.264 e. The fraction of sp³-hybridized carbons (Fsp3) is 0.476. The standard InChI is InChI=1S/C21H26N4O5/c1-24-17-12-14(4-5-18(17)30-13-19(24)26)23-21(27)15-7-11-29-20(15)16-6-8-22-25(16)9-3-10-28-2/h4-6,8,12,15,20H,3,7,9-11,13H2,1-2H3,(H,23,27)/t15-,20-/m0/s1. The van der Waals surface area contributed by atoms with E-state index in [9.17, 15) is 9.59 Å². The van der Waals surface area contributed by atoms with E-state index in [1.165, 1.54) is 4.90 Å². The SMILES string of the molecule is COCCCn1nccc1[C@H]1OCC[C@@H]1C(=O)Nc1ccc2c(c1)N(C)C(=O)CO2. The average Bonchev–Trinajstić information content (AvgIpc) is 3.40. The number of carbonyl (C=O) groups excluding carboxylic acids is 2. The van der Waals surface area contributed by atoms with Gasteiger partial charge in [-0.1, -0.05) is 0 Å². The van der Waals surface area contributed by atoms with Crippen molar-refractivity contribution in [2.75, 3.05) is 44.2 Å². The van der Waals surface area contributed by atoms with Gasteiger partial charge in [0, 0.05) is 45.8 Å². The highest BCUT2D eigenvalue weighted by Gasteiger charge is 2.37. The van der Waals surface area contributed by atoms with Crippen LogP contribution in [0.3, 0.4) is 0 Å². The quantitative estimate of drug-likeness (QED) is 0.697. The molecular weight excluding hydrogens is 388 g/mol. The van der Waals surface area contributed by atoms with Crippen LogP contribution >= 0.6 is 0 Å². The largest absolute Gasteiger partial charge is 0.482 e. The number of hydrogen-bond donors (Lipinski definition) is 1. The predicted octanol–water partition coefficient (Wildman–Crippen LogP) is 1.99. The minimum Gasteiger partial charge on any atom is -0.482 e. The molecule has 1 saturated heterocycles. The molecule has 160 valence electrons. The van der Waals surface area contributed by atoms with Crippen molar-refractivity contribution in [1.29, 1.82) is 0 Å². The first kappa shape index (κ1) is 20.4. The van der Waals surface area contributed by atoms with Gasteiger partial charge in [0.05, 0.1) is 17.3 Å². The molecule has 3 heterocycles. The van der Waals surface area contributed by atoms with Crippen LogP contribution in [-0.2, 0) is 25.6 Å². The number of hydrogen-bond acceptors (Lipinski definition) is 6. The Balaban J connectivity index is 1.47. The topological polar surface area (TPSA) is 94.9 Å². The van der Waals surface area contributed by atoms with E-state index in [0.29, 0.717) is 43.3 Å². The zero-order valence-electron chi connectivity index (χ0n) is 17.2. The van der Waals surface area contributed by atoms with Gasteiger partial charge in [-0.05, 0) is 37.1 Å². The number of nitrogens with zero attached hydrogens (tertiary/aromatic N) is 3. The Hall–Kier alpha value is -2.91. The Labute approximate surface area is 174 Å². The van der Waals surface area contributed by atoms with Gasteiger partial charge in [0.2, 0.25) is 5.91 Å². The highest BCUT2D eigenvalue weighted by atomic mass is 16.5. The first-order valence-electron chi connectivity index (χ1n) is 10.0. The molecule has 0 unspecified atom stereocenters. The van der Waals surface area contributed by atoms with Crippen LogP contribution in [0, 0.1) is 5.92 Å². The monoisotopic (exact) mass is 414 g/mol. The zero-order chi connectivity index (χ0) is 21.1. The molecule has 2 atom stereocenters. The summed E-state index contributed by atoms with van der Waals surface area (Å²) in [6.07, 6.45) is 2.85. The molecule has 1 aromatic heterocycles. The Kier molecular flexibility index (Phi) is 6.01. The van der Waals surface area contributed by atoms with Crippen molar-refractivity contribution in [3.05, 3.63) is 36.2 Å². The van der Waals surface area contributed by atoms with Gasteiger partial charge >= 0.3 is 0 Å². The third kappa shape index (κ3) is 4.03. The lowest BCUT2D eigenvalue weighted by molar-refractivity contribution is -0.122. The Morgan fingerprint density at radius 2 is 2.23 bits per heavy atom. The lowest BCUT2D eigenvalue weighted by Crippen LogP contribution is -2.35. The number of carbonyl (C=O) groups is 2. The molecule has 4 rings (SSSR count). The normalized spacial score (nSPS) is 20.7. The molecule has 2 amide bonds. The van der Waals surface area contributed by atoms with Crippen molar-refractivity contribution in [2.45, 2.75) is 25.5 Å². The number of nitrogens with one attached hydrogen (secondary N) is 1. The van der Waals surface area contributed by atoms with E-state index in [2.05, 4.69) is 10.4 Å². The zero-order valence-corrected chi connectivity index (χ0v) is 17.2. The van der Waals surface area contributed by atoms with E-state index in [-0.39, 0.29) is 30.4 Å². The van der Waals surface area contributed by atoms with Crippen LogP contribution in [0.25, 0.3) is 0 Å². The summed E-state index contributed by atoms with van der Waals surface area (Å²) in [7, 11) is 3.37. The van der Waals surface area contributed by atoms with Gasteiger partial charge in [0.1, 0.15) is 11.9 Å². The summed E-state index contributed by atoms with van der Waals surface area (Å²) in [5.41, 5.74) is 2.15. The van der Waals surface area contributed by atoms with Gasteiger partial charge in [-0.2, -0.15) is 5.10 Å². The number of benzene rings is 1. The number of methoxy groups -OCH3 is 1. The van der Waals surface area contributed by atoms with Crippen LogP contribution in [0.1, 0.15) is 24.6 Å². The van der Waals surface area contributed by atoms with Crippen molar-refractivity contribution >= 4 is 23.2 Å². The highest BCUT2D eigenvalue weighted by molar-refractivity contribution is 5.99. The van der Waals surface area contributed by atoms with Gasteiger partial charge in [-0.3, -0.25) is 14.3 Å². The Bertz CT molecular complexity index is 928. The van der Waals surface area contributed by atoms with Crippen molar-refractivity contribution in [1.82, 2.24) is 9.78 Å². The summed E-state index contributed by atoms with van der Waals surface area (Å²) in [4.78, 5) is 26.5. The first-order chi connectivity index (χ1) is 14.6. The van der Waals surface area contributed by atoms with Crippen LogP contribution in [0.4, 0.5) is 11.4 Å². The van der Waals surface area contributed by atoms with Crippen LogP contribution in [0.15, 0.2) is 30.5 Å². The predicted molar refractivity (Wildman–Crippen MR) is 109 cm³/mol. The molecule has 0 bridgehead atoms. The van der Waals surface area contributed by atoms with Crippen LogP contribution in [0.2, 0.25) is 0 Å². The van der Waals surface area contributed by atoms with Gasteiger partial charge < -0.3 is 24.4 Å². The summed E-state index contributed by atoms with van der Waals surface area (Å²) >= 11 is 0. The lowest BCUT2D eigenvalue weighted by atomic mass is 9.97. The van der Waals surface area contributed by atoms with E-state index < -0.39 is 0 Å². The van der Waals surface area contributed by atoms with Crippen molar-refractivity contribution < 1.29 is 23.8 Å². The maximum atomic E-state index is 13.1. The van der Waals surface area contributed by atoms with Gasteiger partial charge in [-0.25, -0.2) is 0 Å². The number of aryl methyl sites for hydroxylation is 1. The molecule has 2 aliphatic rings. The molecule has 9 heteroatoms. The molecule has 1 aromatic carbocycles. The van der Waals surface area contributed by atoms with E-state index in [4.69, 9.17) is 14.2 Å². The Morgan fingerprint density at radius 3 is 3.07 bits per heavy atom. The molecule has 30 heavy (non-hydrogen) atoms. The second-order valence-corrected chi connectivity index (χ2v) is 7.43. The fourth-order valence-electron chi connectivity index (χ4n) is 3.86. The molecule has 1 fully saturated rings. The minimum atomic E-state index is -0.347.